The van der Waals surface area contributed by atoms with Gasteiger partial charge in [-0.05, 0) is 56.8 Å². The predicted octanol–water partition coefficient (Wildman–Crippen LogP) is 1.21. The van der Waals surface area contributed by atoms with Gasteiger partial charge in [-0.1, -0.05) is 32.9 Å². The van der Waals surface area contributed by atoms with E-state index in [1.807, 2.05) is 13.8 Å². The molecule has 4 N–H and O–H groups in total. The first-order chi connectivity index (χ1) is 17.8. The molecule has 0 radical (unpaired) electrons. The van der Waals surface area contributed by atoms with E-state index in [4.69, 9.17) is 4.74 Å². The lowest BCUT2D eigenvalue weighted by atomic mass is 10.0. The maximum Gasteiger partial charge on any atom is 0.255 e. The van der Waals surface area contributed by atoms with Crippen molar-refractivity contribution in [3.8, 4) is 5.75 Å². The van der Waals surface area contributed by atoms with Crippen LogP contribution in [0.3, 0.4) is 0 Å². The van der Waals surface area contributed by atoms with Gasteiger partial charge in [0.15, 0.2) is 0 Å². The molecule has 1 aromatic rings. The highest BCUT2D eigenvalue weighted by Gasteiger charge is 2.28. The highest BCUT2D eigenvalue weighted by molar-refractivity contribution is 5.99. The van der Waals surface area contributed by atoms with Crippen LogP contribution >= 0.6 is 0 Å². The Bertz CT molecular complexity index is 953. The van der Waals surface area contributed by atoms with Gasteiger partial charge in [-0.25, -0.2) is 0 Å². The van der Waals surface area contributed by atoms with Crippen LogP contribution in [0.4, 0.5) is 0 Å². The largest absolute Gasteiger partial charge is 0.491 e. The number of hydrogen-bond donors (Lipinski definition) is 4. The molecule has 0 unspecified atom stereocenters. The summed E-state index contributed by atoms with van der Waals surface area (Å²) in [5.74, 6) is -0.855. The fraction of sp³-hybridized carbons (Fsp3) is 0.630. The van der Waals surface area contributed by atoms with E-state index in [1.54, 1.807) is 24.3 Å². The van der Waals surface area contributed by atoms with Crippen molar-refractivity contribution in [2.75, 3.05) is 32.8 Å². The van der Waals surface area contributed by atoms with Crippen LogP contribution in [0.2, 0.25) is 0 Å². The van der Waals surface area contributed by atoms with Crippen molar-refractivity contribution < 1.29 is 23.9 Å². The Kier molecular flexibility index (Phi) is 10.7. The van der Waals surface area contributed by atoms with Gasteiger partial charge in [0.1, 0.15) is 24.4 Å². The Morgan fingerprint density at radius 2 is 1.95 bits per heavy atom. The first kappa shape index (κ1) is 28.4. The van der Waals surface area contributed by atoms with Crippen LogP contribution in [0.1, 0.15) is 63.2 Å². The van der Waals surface area contributed by atoms with Crippen LogP contribution in [0.15, 0.2) is 24.3 Å². The van der Waals surface area contributed by atoms with Crippen molar-refractivity contribution in [1.29, 1.82) is 0 Å². The lowest BCUT2D eigenvalue weighted by Crippen LogP contribution is -2.51. The second-order valence-electron chi connectivity index (χ2n) is 10.1. The molecule has 1 aromatic carbocycles. The topological polar surface area (TPSA) is 129 Å². The Balaban J connectivity index is 1.78. The van der Waals surface area contributed by atoms with Crippen LogP contribution in [-0.2, 0) is 14.4 Å². The highest BCUT2D eigenvalue weighted by Crippen LogP contribution is 2.19. The lowest BCUT2D eigenvalue weighted by molar-refractivity contribution is -0.130. The minimum Gasteiger partial charge on any atom is -0.491 e. The van der Waals surface area contributed by atoms with Crippen LogP contribution in [0, 0.1) is 5.92 Å². The molecule has 4 amide bonds. The summed E-state index contributed by atoms with van der Waals surface area (Å²) >= 11 is 0. The molecule has 0 saturated carbocycles. The molecule has 3 rings (SSSR count). The van der Waals surface area contributed by atoms with E-state index in [0.29, 0.717) is 18.7 Å². The quantitative estimate of drug-likeness (QED) is 0.451. The molecule has 3 atom stereocenters. The molecular weight excluding hydrogens is 474 g/mol. The van der Waals surface area contributed by atoms with E-state index in [9.17, 15) is 19.2 Å². The Morgan fingerprint density at radius 3 is 2.70 bits per heavy atom. The number of carbonyl (C=O) groups is 4. The molecule has 2 heterocycles. The maximum absolute atomic E-state index is 13.2. The number of rotatable bonds is 6. The molecule has 1 fully saturated rings. The Labute approximate surface area is 219 Å². The third-order valence-corrected chi connectivity index (χ3v) is 6.85. The van der Waals surface area contributed by atoms with E-state index >= 15 is 0 Å². The maximum atomic E-state index is 13.2. The summed E-state index contributed by atoms with van der Waals surface area (Å²) in [6.07, 6.45) is 2.68. The summed E-state index contributed by atoms with van der Waals surface area (Å²) in [7, 11) is 0. The molecule has 2 aliphatic rings. The van der Waals surface area contributed by atoms with Crippen molar-refractivity contribution >= 4 is 23.6 Å². The lowest BCUT2D eigenvalue weighted by Gasteiger charge is -2.25. The van der Waals surface area contributed by atoms with Crippen LogP contribution in [0.25, 0.3) is 0 Å². The summed E-state index contributed by atoms with van der Waals surface area (Å²) in [6, 6.07) is 5.44. The van der Waals surface area contributed by atoms with E-state index in [1.165, 1.54) is 0 Å². The van der Waals surface area contributed by atoms with Gasteiger partial charge in [0.05, 0.1) is 12.1 Å². The van der Waals surface area contributed by atoms with E-state index in [0.717, 1.165) is 25.9 Å². The number of fused-ring (bicyclic) bond motifs is 1. The molecule has 10 nitrogen and oxygen atoms in total. The molecule has 0 aliphatic carbocycles. The summed E-state index contributed by atoms with van der Waals surface area (Å²) < 4.78 is 5.79. The molecule has 37 heavy (non-hydrogen) atoms. The highest BCUT2D eigenvalue weighted by atomic mass is 16.5. The van der Waals surface area contributed by atoms with Crippen LogP contribution in [-0.4, -0.2) is 79.4 Å². The van der Waals surface area contributed by atoms with Gasteiger partial charge in [0.2, 0.25) is 17.7 Å². The third-order valence-electron chi connectivity index (χ3n) is 6.85. The van der Waals surface area contributed by atoms with Crippen molar-refractivity contribution in [1.82, 2.24) is 26.2 Å². The van der Waals surface area contributed by atoms with Gasteiger partial charge < -0.3 is 26.0 Å². The third kappa shape index (κ3) is 8.45. The van der Waals surface area contributed by atoms with E-state index in [-0.39, 0.29) is 61.2 Å². The molecule has 1 saturated heterocycles. The van der Waals surface area contributed by atoms with Gasteiger partial charge in [-0.2, -0.15) is 0 Å². The number of likely N-dealkylation sites (tertiary alicyclic amines) is 1. The zero-order valence-corrected chi connectivity index (χ0v) is 22.2. The fourth-order valence-corrected chi connectivity index (χ4v) is 4.87. The fourth-order valence-electron chi connectivity index (χ4n) is 4.87. The molecule has 0 aromatic heterocycles. The number of nitrogens with one attached hydrogen (secondary N) is 4. The van der Waals surface area contributed by atoms with Gasteiger partial charge >= 0.3 is 0 Å². The van der Waals surface area contributed by atoms with Crippen molar-refractivity contribution in [3.05, 3.63) is 29.8 Å². The molecule has 10 heteroatoms. The zero-order valence-electron chi connectivity index (χ0n) is 22.2. The number of benzene rings is 1. The molecule has 0 bridgehead atoms. The summed E-state index contributed by atoms with van der Waals surface area (Å²) in [5, 5.41) is 11.4. The number of likely N-dealkylation sites (N-methyl/N-ethyl adjacent to an activating group) is 1. The second kappa shape index (κ2) is 14.0. The second-order valence-corrected chi connectivity index (χ2v) is 10.1. The van der Waals surface area contributed by atoms with Gasteiger partial charge in [-0.15, -0.1) is 0 Å². The summed E-state index contributed by atoms with van der Waals surface area (Å²) in [5.41, 5.74) is 0.289. The number of para-hydroxylation sites is 1. The monoisotopic (exact) mass is 515 g/mol. The van der Waals surface area contributed by atoms with Gasteiger partial charge in [0, 0.05) is 19.0 Å². The Morgan fingerprint density at radius 1 is 1.16 bits per heavy atom. The van der Waals surface area contributed by atoms with Gasteiger partial charge in [0.25, 0.3) is 5.91 Å². The molecule has 0 spiro atoms. The standard InChI is InChI=1S/C27H41N5O5/c1-4-32-14-7-8-19(32)17-29-26(35)21-11-12-24(33)30-22(16-18(2)3)27(36)28-13-15-37-23-10-6-5-9-20(23)25(34)31-21/h5-6,9-10,18-19,21-22H,4,7-8,11-17H2,1-3H3,(H,28,36)(H,29,35)(H,30,33)(H,31,34)/t19-,21-,22+/m0/s1. The number of amides is 4. The zero-order chi connectivity index (χ0) is 26.8. The smallest absolute Gasteiger partial charge is 0.255 e. The average molecular weight is 516 g/mol. The van der Waals surface area contributed by atoms with Crippen LogP contribution in [0.5, 0.6) is 5.75 Å². The molecule has 204 valence electrons. The number of nitrogens with zero attached hydrogens (tertiary/aromatic N) is 1. The Hall–Kier alpha value is -3.14. The summed E-state index contributed by atoms with van der Waals surface area (Å²) in [6.45, 7) is 8.86. The first-order valence-corrected chi connectivity index (χ1v) is 13.4. The molecule has 2 aliphatic heterocycles. The minimum atomic E-state index is -0.912. The van der Waals surface area contributed by atoms with E-state index in [2.05, 4.69) is 33.1 Å². The van der Waals surface area contributed by atoms with Crippen molar-refractivity contribution in [2.45, 2.75) is 71.0 Å². The van der Waals surface area contributed by atoms with Crippen molar-refractivity contribution in [2.24, 2.45) is 5.92 Å². The molecular formula is C27H41N5O5. The first-order valence-electron chi connectivity index (χ1n) is 13.4. The van der Waals surface area contributed by atoms with Gasteiger partial charge in [-0.3, -0.25) is 24.1 Å². The number of ether oxygens (including phenoxy) is 1. The predicted molar refractivity (Wildman–Crippen MR) is 140 cm³/mol. The van der Waals surface area contributed by atoms with Crippen LogP contribution < -0.4 is 26.0 Å². The minimum absolute atomic E-state index is 0.0110. The average Bonchev–Trinajstić information content (AvgIpc) is 3.34. The SMILES string of the molecule is CCN1CCC[C@H]1CNC(=O)[C@@H]1CCC(=O)N[C@H](CC(C)C)C(=O)NCCOc2ccccc2C(=O)N1. The van der Waals surface area contributed by atoms with Crippen molar-refractivity contribution in [3.63, 3.8) is 0 Å². The number of carbonyl (C=O) groups excluding carboxylic acids is 4. The summed E-state index contributed by atoms with van der Waals surface area (Å²) in [4.78, 5) is 54.2. The number of hydrogen-bond acceptors (Lipinski definition) is 6. The normalized spacial score (nSPS) is 24.1. The van der Waals surface area contributed by atoms with E-state index < -0.39 is 18.0 Å².